The van der Waals surface area contributed by atoms with E-state index in [2.05, 4.69) is 22.0 Å². The average molecular weight is 433 g/mol. The maximum Gasteiger partial charge on any atom is 0.342 e. The van der Waals surface area contributed by atoms with Crippen LogP contribution in [0.15, 0.2) is 60.8 Å². The van der Waals surface area contributed by atoms with Crippen molar-refractivity contribution >= 4 is 29.0 Å². The first kappa shape index (κ1) is 21.3. The van der Waals surface area contributed by atoms with E-state index in [1.165, 1.54) is 6.20 Å². The predicted octanol–water partition coefficient (Wildman–Crippen LogP) is 5.08. The van der Waals surface area contributed by atoms with Crippen molar-refractivity contribution in [1.29, 1.82) is 0 Å². The molecule has 1 unspecified atom stereocenters. The van der Waals surface area contributed by atoms with Crippen LogP contribution in [0.4, 0.5) is 5.82 Å². The molecule has 29 heavy (non-hydrogen) atoms. The topological polar surface area (TPSA) is 64.2 Å². The molecule has 152 valence electrons. The molecule has 6 nitrogen and oxygen atoms in total. The predicted molar refractivity (Wildman–Crippen MR) is 116 cm³/mol. The van der Waals surface area contributed by atoms with Crippen LogP contribution in [0.1, 0.15) is 23.0 Å². The number of benzene rings is 2. The summed E-state index contributed by atoms with van der Waals surface area (Å²) in [4.78, 5) is 17.2. The third-order valence-corrected chi connectivity index (χ3v) is 5.29. The van der Waals surface area contributed by atoms with E-state index in [4.69, 9.17) is 23.2 Å². The van der Waals surface area contributed by atoms with E-state index >= 15 is 0 Å². The van der Waals surface area contributed by atoms with Gasteiger partial charge in [-0.05, 0) is 28.2 Å². The Morgan fingerprint density at radius 1 is 1.10 bits per heavy atom. The Kier molecular flexibility index (Phi) is 7.25. The number of halogens is 2. The molecular formula is C21H22Cl2N4O2. The van der Waals surface area contributed by atoms with Crippen LogP contribution in [0.2, 0.25) is 5.02 Å². The maximum absolute atomic E-state index is 11.3. The molecule has 1 aromatic heterocycles. The molecule has 0 radical (unpaired) electrons. The van der Waals surface area contributed by atoms with Gasteiger partial charge >= 0.3 is 5.82 Å². The average Bonchev–Trinajstić information content (AvgIpc) is 3.09. The Hall–Kier alpha value is -2.41. The largest absolute Gasteiger partial charge is 0.358 e. The summed E-state index contributed by atoms with van der Waals surface area (Å²) < 4.78 is 1.63. The fourth-order valence-electron chi connectivity index (χ4n) is 3.48. The van der Waals surface area contributed by atoms with Crippen molar-refractivity contribution in [3.63, 3.8) is 0 Å². The van der Waals surface area contributed by atoms with Crippen LogP contribution in [0, 0.1) is 17.0 Å². The van der Waals surface area contributed by atoms with Gasteiger partial charge in [-0.2, -0.15) is 0 Å². The van der Waals surface area contributed by atoms with E-state index in [1.54, 1.807) is 11.5 Å². The Balaban J connectivity index is 1.93. The second kappa shape index (κ2) is 9.87. The minimum Gasteiger partial charge on any atom is -0.358 e. The molecule has 0 amide bonds. The van der Waals surface area contributed by atoms with Crippen LogP contribution in [0.25, 0.3) is 0 Å². The Labute approximate surface area is 179 Å². The normalized spacial score (nSPS) is 12.3. The Morgan fingerprint density at radius 3 is 2.38 bits per heavy atom. The van der Waals surface area contributed by atoms with Gasteiger partial charge in [-0.1, -0.05) is 54.1 Å². The van der Waals surface area contributed by atoms with Gasteiger partial charge < -0.3 is 10.1 Å². The van der Waals surface area contributed by atoms with Crippen molar-refractivity contribution in [2.24, 2.45) is 0 Å². The molecular weight excluding hydrogens is 411 g/mol. The molecule has 2 aromatic carbocycles. The first-order valence-corrected chi connectivity index (χ1v) is 10.2. The number of aromatic nitrogens is 2. The first-order valence-electron chi connectivity index (χ1n) is 9.28. The van der Waals surface area contributed by atoms with Crippen molar-refractivity contribution in [3.05, 3.63) is 92.9 Å². The fourth-order valence-corrected chi connectivity index (χ4v) is 3.82. The van der Waals surface area contributed by atoms with Crippen LogP contribution < -0.4 is 0 Å². The van der Waals surface area contributed by atoms with Gasteiger partial charge in [0, 0.05) is 30.9 Å². The van der Waals surface area contributed by atoms with E-state index in [-0.39, 0.29) is 11.9 Å². The van der Waals surface area contributed by atoms with Crippen LogP contribution in [-0.4, -0.2) is 38.3 Å². The van der Waals surface area contributed by atoms with E-state index in [0.717, 1.165) is 11.1 Å². The third-order valence-electron chi connectivity index (χ3n) is 4.87. The standard InChI is InChI=1S/C21H22Cl2N4O2/c1-16-24-15-20(27(28)29)26(16)14-13-25(12-11-22)21(17-5-3-2-4-6-17)18-7-9-19(23)10-8-18/h2-10,15,21H,11-14H2,1H3. The number of hydrogen-bond acceptors (Lipinski definition) is 4. The van der Waals surface area contributed by atoms with E-state index in [0.29, 0.717) is 36.4 Å². The smallest absolute Gasteiger partial charge is 0.342 e. The Morgan fingerprint density at radius 2 is 1.76 bits per heavy atom. The molecule has 8 heteroatoms. The number of nitro groups is 1. The van der Waals surface area contributed by atoms with Gasteiger partial charge in [0.25, 0.3) is 0 Å². The molecule has 0 spiro atoms. The molecule has 0 bridgehead atoms. The van der Waals surface area contributed by atoms with E-state index in [1.807, 2.05) is 42.5 Å². The molecule has 0 aliphatic heterocycles. The lowest BCUT2D eigenvalue weighted by Crippen LogP contribution is -2.34. The number of hydrogen-bond donors (Lipinski definition) is 0. The number of alkyl halides is 1. The van der Waals surface area contributed by atoms with Crippen molar-refractivity contribution in [3.8, 4) is 0 Å². The highest BCUT2D eigenvalue weighted by Gasteiger charge is 2.24. The van der Waals surface area contributed by atoms with Gasteiger partial charge in [0.2, 0.25) is 0 Å². The SMILES string of the molecule is Cc1ncc([N+](=O)[O-])n1CCN(CCCl)C(c1ccccc1)c1ccc(Cl)cc1. The van der Waals surface area contributed by atoms with Gasteiger partial charge in [0.1, 0.15) is 12.7 Å². The van der Waals surface area contributed by atoms with Crippen LogP contribution >= 0.6 is 23.2 Å². The second-order valence-electron chi connectivity index (χ2n) is 6.66. The molecule has 0 saturated carbocycles. The van der Waals surface area contributed by atoms with Crippen molar-refractivity contribution < 1.29 is 4.92 Å². The summed E-state index contributed by atoms with van der Waals surface area (Å²) in [7, 11) is 0. The summed E-state index contributed by atoms with van der Waals surface area (Å²) in [5.41, 5.74) is 2.21. The van der Waals surface area contributed by atoms with Crippen LogP contribution in [-0.2, 0) is 6.54 Å². The molecule has 1 atom stereocenters. The summed E-state index contributed by atoms with van der Waals surface area (Å²) in [6.07, 6.45) is 1.30. The Bertz CT molecular complexity index is 945. The zero-order valence-corrected chi connectivity index (χ0v) is 17.6. The molecule has 0 aliphatic carbocycles. The minimum absolute atomic E-state index is 0.00363. The molecule has 0 aliphatic rings. The zero-order chi connectivity index (χ0) is 20.8. The summed E-state index contributed by atoms with van der Waals surface area (Å²) in [5.74, 6) is 1.06. The molecule has 0 N–H and O–H groups in total. The van der Waals surface area contributed by atoms with Gasteiger partial charge in [0.05, 0.1) is 6.04 Å². The summed E-state index contributed by atoms with van der Waals surface area (Å²) >= 11 is 12.2. The molecule has 3 rings (SSSR count). The van der Waals surface area contributed by atoms with Gasteiger partial charge in [0.15, 0.2) is 5.82 Å². The lowest BCUT2D eigenvalue weighted by molar-refractivity contribution is -0.392. The van der Waals surface area contributed by atoms with Crippen molar-refractivity contribution in [2.45, 2.75) is 19.5 Å². The molecule has 0 saturated heterocycles. The summed E-state index contributed by atoms with van der Waals surface area (Å²) in [6.45, 7) is 3.42. The number of aryl methyl sites for hydroxylation is 1. The number of imidazole rings is 1. The van der Waals surface area contributed by atoms with Gasteiger partial charge in [-0.3, -0.25) is 4.90 Å². The number of rotatable bonds is 9. The van der Waals surface area contributed by atoms with E-state index < -0.39 is 4.92 Å². The highest BCUT2D eigenvalue weighted by Crippen LogP contribution is 2.30. The second-order valence-corrected chi connectivity index (χ2v) is 7.48. The van der Waals surface area contributed by atoms with Crippen molar-refractivity contribution in [1.82, 2.24) is 14.5 Å². The maximum atomic E-state index is 11.3. The first-order chi connectivity index (χ1) is 14.0. The highest BCUT2D eigenvalue weighted by atomic mass is 35.5. The lowest BCUT2D eigenvalue weighted by atomic mass is 9.97. The van der Waals surface area contributed by atoms with Crippen molar-refractivity contribution in [2.75, 3.05) is 19.0 Å². The lowest BCUT2D eigenvalue weighted by Gasteiger charge is -2.32. The van der Waals surface area contributed by atoms with Crippen LogP contribution in [0.3, 0.4) is 0 Å². The third kappa shape index (κ3) is 5.15. The highest BCUT2D eigenvalue weighted by molar-refractivity contribution is 6.30. The van der Waals surface area contributed by atoms with Crippen LogP contribution in [0.5, 0.6) is 0 Å². The quantitative estimate of drug-likeness (QED) is 0.268. The van der Waals surface area contributed by atoms with Gasteiger partial charge in [-0.15, -0.1) is 11.6 Å². The summed E-state index contributed by atoms with van der Waals surface area (Å²) in [5, 5.41) is 12.0. The summed E-state index contributed by atoms with van der Waals surface area (Å²) in [6, 6.07) is 17.8. The minimum atomic E-state index is -0.403. The molecule has 3 aromatic rings. The fraction of sp³-hybridized carbons (Fsp3) is 0.286. The number of nitrogens with zero attached hydrogens (tertiary/aromatic N) is 4. The van der Waals surface area contributed by atoms with Gasteiger partial charge in [-0.25, -0.2) is 9.55 Å². The molecule has 0 fully saturated rings. The van der Waals surface area contributed by atoms with E-state index in [9.17, 15) is 10.1 Å². The molecule has 1 heterocycles. The monoisotopic (exact) mass is 432 g/mol. The zero-order valence-electron chi connectivity index (χ0n) is 16.0.